The lowest BCUT2D eigenvalue weighted by Crippen LogP contribution is -2.45. The van der Waals surface area contributed by atoms with Gasteiger partial charge in [0.1, 0.15) is 11.6 Å². The number of anilines is 1. The van der Waals surface area contributed by atoms with Crippen LogP contribution in [0.1, 0.15) is 40.0 Å². The van der Waals surface area contributed by atoms with Crippen molar-refractivity contribution in [2.24, 2.45) is 17.3 Å². The molecular weight excluding hydrogens is 248 g/mol. The zero-order chi connectivity index (χ0) is 14.3. The van der Waals surface area contributed by atoms with Gasteiger partial charge in [0.25, 0.3) is 0 Å². The summed E-state index contributed by atoms with van der Waals surface area (Å²) in [6.07, 6.45) is 4.76. The molecule has 1 aliphatic carbocycles. The van der Waals surface area contributed by atoms with Gasteiger partial charge in [-0.2, -0.15) is 0 Å². The Bertz CT molecular complexity index is 497. The molecular formula is C17H24N2O. The highest BCUT2D eigenvalue weighted by molar-refractivity contribution is 5.85. The van der Waals surface area contributed by atoms with Crippen LogP contribution >= 0.6 is 0 Å². The summed E-state index contributed by atoms with van der Waals surface area (Å²) in [6, 6.07) is 6.39. The number of Topliss-reactive ketones (excluding diaryl/α,β-unsaturated/α-hetero) is 1. The first-order chi connectivity index (χ1) is 9.52. The number of ketones is 1. The molecule has 2 fully saturated rings. The molecule has 108 valence electrons. The number of fused-ring (bicyclic) bond motifs is 1. The highest BCUT2D eigenvalue weighted by atomic mass is 16.1. The van der Waals surface area contributed by atoms with Crippen LogP contribution in [0.3, 0.4) is 0 Å². The molecule has 2 heterocycles. The van der Waals surface area contributed by atoms with E-state index in [0.717, 1.165) is 31.6 Å². The van der Waals surface area contributed by atoms with Crippen molar-refractivity contribution in [1.29, 1.82) is 0 Å². The van der Waals surface area contributed by atoms with Crippen LogP contribution in [0.15, 0.2) is 24.4 Å². The number of rotatable bonds is 2. The largest absolute Gasteiger partial charge is 0.353 e. The van der Waals surface area contributed by atoms with E-state index in [-0.39, 0.29) is 11.3 Å². The van der Waals surface area contributed by atoms with Crippen LogP contribution in [0.5, 0.6) is 0 Å². The third kappa shape index (κ3) is 2.23. The number of pyridine rings is 1. The van der Waals surface area contributed by atoms with E-state index in [2.05, 4.69) is 36.7 Å². The first-order valence-corrected chi connectivity index (χ1v) is 7.72. The molecule has 1 saturated heterocycles. The highest BCUT2D eigenvalue weighted by Crippen LogP contribution is 2.46. The second-order valence-corrected chi connectivity index (χ2v) is 7.11. The summed E-state index contributed by atoms with van der Waals surface area (Å²) in [5, 5.41) is 0. The Labute approximate surface area is 121 Å². The fourth-order valence-corrected chi connectivity index (χ4v) is 4.12. The minimum absolute atomic E-state index is 0.119. The van der Waals surface area contributed by atoms with Gasteiger partial charge in [-0.25, -0.2) is 4.98 Å². The molecule has 3 rings (SSSR count). The summed E-state index contributed by atoms with van der Waals surface area (Å²) >= 11 is 0. The zero-order valence-electron chi connectivity index (χ0n) is 12.7. The van der Waals surface area contributed by atoms with E-state index in [0.29, 0.717) is 17.7 Å². The molecule has 3 heteroatoms. The van der Waals surface area contributed by atoms with E-state index in [1.807, 2.05) is 18.3 Å². The average Bonchev–Trinajstić information content (AvgIpc) is 2.77. The van der Waals surface area contributed by atoms with Crippen molar-refractivity contribution >= 4 is 11.6 Å². The molecule has 1 saturated carbocycles. The maximum atomic E-state index is 12.6. The summed E-state index contributed by atoms with van der Waals surface area (Å²) in [6.45, 7) is 7.62. The Morgan fingerprint density at radius 2 is 2.20 bits per heavy atom. The third-order valence-electron chi connectivity index (χ3n) is 5.01. The van der Waals surface area contributed by atoms with Gasteiger partial charge in [-0.1, -0.05) is 33.3 Å². The summed E-state index contributed by atoms with van der Waals surface area (Å²) in [7, 11) is 0. The van der Waals surface area contributed by atoms with Gasteiger partial charge < -0.3 is 4.90 Å². The van der Waals surface area contributed by atoms with Crippen LogP contribution < -0.4 is 4.90 Å². The molecule has 0 amide bonds. The number of hydrogen-bond donors (Lipinski definition) is 0. The lowest BCUT2D eigenvalue weighted by atomic mass is 9.67. The minimum Gasteiger partial charge on any atom is -0.353 e. The smallest absolute Gasteiger partial charge is 0.138 e. The molecule has 2 aliphatic rings. The average molecular weight is 272 g/mol. The van der Waals surface area contributed by atoms with E-state index in [9.17, 15) is 4.79 Å². The normalized spacial score (nSPS) is 32.2. The van der Waals surface area contributed by atoms with Gasteiger partial charge in [0.05, 0.1) is 0 Å². The lowest BCUT2D eigenvalue weighted by Gasteiger charge is -2.40. The van der Waals surface area contributed by atoms with Crippen molar-refractivity contribution in [3.05, 3.63) is 24.4 Å². The number of hydrogen-bond acceptors (Lipinski definition) is 3. The molecule has 0 aromatic carbocycles. The summed E-state index contributed by atoms with van der Waals surface area (Å²) < 4.78 is 0. The maximum Gasteiger partial charge on any atom is 0.138 e. The van der Waals surface area contributed by atoms with E-state index < -0.39 is 0 Å². The number of carbonyl (C=O) groups excluding carboxylic acids is 1. The first kappa shape index (κ1) is 13.6. The lowest BCUT2D eigenvalue weighted by molar-refractivity contribution is -0.129. The van der Waals surface area contributed by atoms with Crippen molar-refractivity contribution in [1.82, 2.24) is 4.98 Å². The van der Waals surface area contributed by atoms with Gasteiger partial charge in [-0.15, -0.1) is 0 Å². The Balaban J connectivity index is 1.95. The molecule has 1 aliphatic heterocycles. The molecule has 0 bridgehead atoms. The minimum atomic E-state index is 0.119. The Morgan fingerprint density at radius 1 is 1.40 bits per heavy atom. The van der Waals surface area contributed by atoms with Gasteiger partial charge in [0.2, 0.25) is 0 Å². The van der Waals surface area contributed by atoms with Crippen LogP contribution in [-0.2, 0) is 4.79 Å². The Morgan fingerprint density at radius 3 is 2.85 bits per heavy atom. The van der Waals surface area contributed by atoms with E-state index >= 15 is 0 Å². The fraction of sp³-hybridized carbons (Fsp3) is 0.647. The monoisotopic (exact) mass is 272 g/mol. The van der Waals surface area contributed by atoms with Gasteiger partial charge in [0, 0.05) is 31.1 Å². The van der Waals surface area contributed by atoms with Gasteiger partial charge in [-0.3, -0.25) is 4.79 Å². The molecule has 0 radical (unpaired) electrons. The predicted octanol–water partition coefficient (Wildman–Crippen LogP) is 3.30. The number of nitrogens with zero attached hydrogens (tertiary/aromatic N) is 2. The van der Waals surface area contributed by atoms with Gasteiger partial charge in [0.15, 0.2) is 0 Å². The van der Waals surface area contributed by atoms with Crippen LogP contribution in [-0.4, -0.2) is 23.4 Å². The summed E-state index contributed by atoms with van der Waals surface area (Å²) in [5.74, 6) is 2.21. The van der Waals surface area contributed by atoms with Crippen molar-refractivity contribution in [2.75, 3.05) is 11.4 Å². The molecule has 3 nitrogen and oxygen atoms in total. The molecule has 1 aromatic heterocycles. The first-order valence-electron chi connectivity index (χ1n) is 7.72. The van der Waals surface area contributed by atoms with Crippen molar-refractivity contribution in [2.45, 2.75) is 46.1 Å². The van der Waals surface area contributed by atoms with Crippen LogP contribution in [0, 0.1) is 17.3 Å². The van der Waals surface area contributed by atoms with Gasteiger partial charge in [-0.05, 0) is 29.9 Å². The van der Waals surface area contributed by atoms with Crippen LogP contribution in [0.2, 0.25) is 0 Å². The van der Waals surface area contributed by atoms with E-state index in [4.69, 9.17) is 0 Å². The van der Waals surface area contributed by atoms with E-state index in [1.165, 1.54) is 0 Å². The third-order valence-corrected chi connectivity index (χ3v) is 5.01. The Hall–Kier alpha value is -1.38. The quantitative estimate of drug-likeness (QED) is 0.828. The second kappa shape index (κ2) is 4.87. The second-order valence-electron chi connectivity index (χ2n) is 7.11. The Kier molecular flexibility index (Phi) is 3.31. The zero-order valence-corrected chi connectivity index (χ0v) is 12.7. The molecule has 20 heavy (non-hydrogen) atoms. The van der Waals surface area contributed by atoms with Crippen molar-refractivity contribution in [3.8, 4) is 0 Å². The van der Waals surface area contributed by atoms with Crippen LogP contribution in [0.25, 0.3) is 0 Å². The molecule has 3 atom stereocenters. The number of aromatic nitrogens is 1. The molecule has 3 unspecified atom stereocenters. The van der Waals surface area contributed by atoms with Gasteiger partial charge >= 0.3 is 0 Å². The number of carbonyl (C=O) groups is 1. The van der Waals surface area contributed by atoms with Crippen molar-refractivity contribution < 1.29 is 4.79 Å². The molecule has 1 aromatic rings. The highest BCUT2D eigenvalue weighted by Gasteiger charge is 2.50. The van der Waals surface area contributed by atoms with E-state index in [1.54, 1.807) is 0 Å². The topological polar surface area (TPSA) is 33.2 Å². The molecule has 0 spiro atoms. The standard InChI is InChI=1S/C17H24N2O/c1-4-12-11-19(15-7-5-6-8-18-15)13-9-17(2,3)10-14(20)16(12)13/h5-8,12-13,16H,4,9-11H2,1-3H3. The van der Waals surface area contributed by atoms with Crippen molar-refractivity contribution in [3.63, 3.8) is 0 Å². The van der Waals surface area contributed by atoms with Crippen LogP contribution in [0.4, 0.5) is 5.82 Å². The predicted molar refractivity (Wildman–Crippen MR) is 80.7 cm³/mol. The molecule has 0 N–H and O–H groups in total. The summed E-state index contributed by atoms with van der Waals surface area (Å²) in [5.41, 5.74) is 0.119. The fourth-order valence-electron chi connectivity index (χ4n) is 4.12. The SMILES string of the molecule is CCC1CN(c2ccccn2)C2CC(C)(C)CC(=O)C12. The summed E-state index contributed by atoms with van der Waals surface area (Å²) in [4.78, 5) is 19.5. The maximum absolute atomic E-state index is 12.6.